The maximum Gasteiger partial charge on any atom is 0.159 e. The summed E-state index contributed by atoms with van der Waals surface area (Å²) in [4.78, 5) is 10.1. The first-order valence-electron chi connectivity index (χ1n) is 6.59. The van der Waals surface area contributed by atoms with E-state index < -0.39 is 0 Å². The highest BCUT2D eigenvalue weighted by atomic mass is 35.5. The quantitative estimate of drug-likeness (QED) is 0.681. The highest BCUT2D eigenvalue weighted by Gasteiger charge is 2.18. The van der Waals surface area contributed by atoms with Crippen molar-refractivity contribution >= 4 is 34.1 Å². The van der Waals surface area contributed by atoms with Crippen LogP contribution in [0.5, 0.6) is 0 Å². The molecule has 20 heavy (non-hydrogen) atoms. The fraction of sp³-hybridized carbons (Fsp3) is 0.462. The van der Waals surface area contributed by atoms with E-state index >= 15 is 0 Å². The van der Waals surface area contributed by atoms with E-state index in [2.05, 4.69) is 21.6 Å². The second kappa shape index (κ2) is 5.54. The summed E-state index contributed by atoms with van der Waals surface area (Å²) in [7, 11) is 1.97. The number of nitrogens with zero attached hydrogens (tertiary/aromatic N) is 5. The van der Waals surface area contributed by atoms with E-state index in [-0.39, 0.29) is 0 Å². The number of hydrogen-bond donors (Lipinski definition) is 0. The number of fused-ring (bicyclic) bond motifs is 1. The predicted octanol–water partition coefficient (Wildman–Crippen LogP) is 2.62. The molecule has 0 fully saturated rings. The SMILES string of the molecule is CCc1nn(C)c2c1nc(CCCl)n2Cc1cncs1. The number of rotatable bonds is 5. The summed E-state index contributed by atoms with van der Waals surface area (Å²) in [5.74, 6) is 1.59. The van der Waals surface area contributed by atoms with Gasteiger partial charge >= 0.3 is 0 Å². The van der Waals surface area contributed by atoms with Gasteiger partial charge in [-0.1, -0.05) is 6.92 Å². The molecule has 0 atom stereocenters. The third-order valence-corrected chi connectivity index (χ3v) is 4.27. The average Bonchev–Trinajstić information content (AvgIpc) is 3.11. The van der Waals surface area contributed by atoms with E-state index in [9.17, 15) is 0 Å². The smallest absolute Gasteiger partial charge is 0.159 e. The fourth-order valence-corrected chi connectivity index (χ4v) is 3.19. The highest BCUT2D eigenvalue weighted by molar-refractivity contribution is 7.09. The molecule has 0 amide bonds. The van der Waals surface area contributed by atoms with Crippen LogP contribution in [0.4, 0.5) is 0 Å². The summed E-state index contributed by atoms with van der Waals surface area (Å²) in [5, 5.41) is 4.55. The minimum absolute atomic E-state index is 0.570. The van der Waals surface area contributed by atoms with Gasteiger partial charge in [-0.25, -0.2) is 4.98 Å². The van der Waals surface area contributed by atoms with Gasteiger partial charge in [0.15, 0.2) is 5.65 Å². The molecule has 0 aromatic carbocycles. The molecule has 5 nitrogen and oxygen atoms in total. The average molecular weight is 310 g/mol. The summed E-state index contributed by atoms with van der Waals surface area (Å²) in [6.07, 6.45) is 3.55. The Bertz CT molecular complexity index is 713. The van der Waals surface area contributed by atoms with Crippen molar-refractivity contribution in [2.75, 3.05) is 5.88 Å². The van der Waals surface area contributed by atoms with Crippen LogP contribution < -0.4 is 0 Å². The zero-order chi connectivity index (χ0) is 14.1. The second-order valence-corrected chi connectivity index (χ2v) is 5.97. The van der Waals surface area contributed by atoms with Crippen molar-refractivity contribution in [3.8, 4) is 0 Å². The van der Waals surface area contributed by atoms with Gasteiger partial charge in [0, 0.05) is 30.4 Å². The molecule has 0 saturated heterocycles. The van der Waals surface area contributed by atoms with Gasteiger partial charge in [-0.3, -0.25) is 9.67 Å². The van der Waals surface area contributed by atoms with Crippen LogP contribution in [0.25, 0.3) is 11.2 Å². The lowest BCUT2D eigenvalue weighted by Gasteiger charge is -2.07. The van der Waals surface area contributed by atoms with Crippen LogP contribution in [0.15, 0.2) is 11.7 Å². The standard InChI is InChI=1S/C13H16ClN5S/c1-3-10-12-13(18(2)17-10)19(11(16-12)4-5-14)7-9-6-15-8-20-9/h6,8H,3-5,7H2,1-2H3. The topological polar surface area (TPSA) is 48.5 Å². The Morgan fingerprint density at radius 1 is 1.40 bits per heavy atom. The Morgan fingerprint density at radius 3 is 2.90 bits per heavy atom. The Hall–Kier alpha value is -1.40. The van der Waals surface area contributed by atoms with Gasteiger partial charge in [-0.05, 0) is 6.42 Å². The molecule has 0 radical (unpaired) electrons. The zero-order valence-corrected chi connectivity index (χ0v) is 13.1. The van der Waals surface area contributed by atoms with E-state index in [1.807, 2.05) is 23.4 Å². The third kappa shape index (κ3) is 2.23. The first-order chi connectivity index (χ1) is 9.74. The van der Waals surface area contributed by atoms with Crippen LogP contribution in [-0.4, -0.2) is 30.2 Å². The minimum atomic E-state index is 0.570. The fourth-order valence-electron chi connectivity index (χ4n) is 2.44. The van der Waals surface area contributed by atoms with E-state index in [0.29, 0.717) is 5.88 Å². The molecule has 0 aliphatic carbocycles. The van der Waals surface area contributed by atoms with Crippen LogP contribution in [0.3, 0.4) is 0 Å². The number of aryl methyl sites for hydroxylation is 3. The molecule has 0 N–H and O–H groups in total. The minimum Gasteiger partial charge on any atom is -0.307 e. The number of halogens is 1. The van der Waals surface area contributed by atoms with Crippen LogP contribution in [0.1, 0.15) is 23.3 Å². The van der Waals surface area contributed by atoms with Gasteiger partial charge < -0.3 is 4.57 Å². The number of aromatic nitrogens is 5. The number of alkyl halides is 1. The molecule has 0 bridgehead atoms. The van der Waals surface area contributed by atoms with Gasteiger partial charge in [0.2, 0.25) is 0 Å². The predicted molar refractivity (Wildman–Crippen MR) is 81.5 cm³/mol. The van der Waals surface area contributed by atoms with Crippen molar-refractivity contribution in [2.45, 2.75) is 26.3 Å². The van der Waals surface area contributed by atoms with E-state index in [4.69, 9.17) is 16.6 Å². The molecule has 3 aromatic heterocycles. The Kier molecular flexibility index (Phi) is 3.76. The summed E-state index contributed by atoms with van der Waals surface area (Å²) >= 11 is 7.56. The van der Waals surface area contributed by atoms with Gasteiger partial charge in [0.1, 0.15) is 11.3 Å². The van der Waals surface area contributed by atoms with Gasteiger partial charge in [-0.2, -0.15) is 5.10 Å². The molecule has 3 heterocycles. The molecular formula is C13H16ClN5S. The van der Waals surface area contributed by atoms with Crippen molar-refractivity contribution in [1.82, 2.24) is 24.3 Å². The van der Waals surface area contributed by atoms with E-state index in [1.54, 1.807) is 11.3 Å². The number of imidazole rings is 1. The third-order valence-electron chi connectivity index (χ3n) is 3.32. The largest absolute Gasteiger partial charge is 0.307 e. The van der Waals surface area contributed by atoms with Gasteiger partial charge in [0.25, 0.3) is 0 Å². The lowest BCUT2D eigenvalue weighted by atomic mass is 10.3. The normalized spacial score (nSPS) is 11.6. The Balaban J connectivity index is 2.15. The maximum absolute atomic E-state index is 5.91. The number of thiazole rings is 1. The van der Waals surface area contributed by atoms with Crippen molar-refractivity contribution in [2.24, 2.45) is 7.05 Å². The van der Waals surface area contributed by atoms with Crippen molar-refractivity contribution in [1.29, 1.82) is 0 Å². The molecule has 106 valence electrons. The second-order valence-electron chi connectivity index (χ2n) is 4.62. The van der Waals surface area contributed by atoms with Crippen LogP contribution >= 0.6 is 22.9 Å². The Morgan fingerprint density at radius 2 is 2.25 bits per heavy atom. The molecular weight excluding hydrogens is 294 g/mol. The van der Waals surface area contributed by atoms with Crippen molar-refractivity contribution in [3.05, 3.63) is 28.1 Å². The molecule has 0 aliphatic rings. The summed E-state index contributed by atoms with van der Waals surface area (Å²) in [6.45, 7) is 2.88. The summed E-state index contributed by atoms with van der Waals surface area (Å²) in [6, 6.07) is 0. The van der Waals surface area contributed by atoms with E-state index in [0.717, 1.165) is 42.1 Å². The molecule has 0 saturated carbocycles. The monoisotopic (exact) mass is 309 g/mol. The molecule has 3 rings (SSSR count). The van der Waals surface area contributed by atoms with Crippen LogP contribution in [0.2, 0.25) is 0 Å². The lowest BCUT2D eigenvalue weighted by Crippen LogP contribution is -2.08. The van der Waals surface area contributed by atoms with Crippen LogP contribution in [0, 0.1) is 0 Å². The van der Waals surface area contributed by atoms with Gasteiger partial charge in [0.05, 0.1) is 17.7 Å². The van der Waals surface area contributed by atoms with Gasteiger partial charge in [-0.15, -0.1) is 22.9 Å². The van der Waals surface area contributed by atoms with E-state index in [1.165, 1.54) is 4.88 Å². The molecule has 0 unspecified atom stereocenters. The van der Waals surface area contributed by atoms with Crippen molar-refractivity contribution in [3.63, 3.8) is 0 Å². The molecule has 7 heteroatoms. The molecule has 0 aliphatic heterocycles. The van der Waals surface area contributed by atoms with Crippen molar-refractivity contribution < 1.29 is 0 Å². The molecule has 3 aromatic rings. The number of hydrogen-bond acceptors (Lipinski definition) is 4. The molecule has 0 spiro atoms. The lowest BCUT2D eigenvalue weighted by molar-refractivity contribution is 0.692. The van der Waals surface area contributed by atoms with Crippen LogP contribution in [-0.2, 0) is 26.4 Å². The summed E-state index contributed by atoms with van der Waals surface area (Å²) < 4.78 is 4.12. The zero-order valence-electron chi connectivity index (χ0n) is 11.5. The highest BCUT2D eigenvalue weighted by Crippen LogP contribution is 2.22. The summed E-state index contributed by atoms with van der Waals surface area (Å²) in [5.41, 5.74) is 4.96. The first-order valence-corrected chi connectivity index (χ1v) is 8.00. The maximum atomic E-state index is 5.91. The Labute approximate surface area is 126 Å². The first kappa shape index (κ1) is 13.6.